The first kappa shape index (κ1) is 19.7. The van der Waals surface area contributed by atoms with Crippen LogP contribution in [0.15, 0.2) is 5.38 Å². The molecular formula is C12H13F3N4O3S3. The van der Waals surface area contributed by atoms with Gasteiger partial charge in [0, 0.05) is 5.38 Å². The molecule has 25 heavy (non-hydrogen) atoms. The number of carbonyl (C=O) groups excluding carboxylic acids is 1. The highest BCUT2D eigenvalue weighted by molar-refractivity contribution is 7.89. The number of nitrogens with zero attached hydrogens (tertiary/aromatic N) is 4. The van der Waals surface area contributed by atoms with Crippen LogP contribution in [0.4, 0.5) is 13.2 Å². The predicted octanol–water partition coefficient (Wildman–Crippen LogP) is 2.71. The van der Waals surface area contributed by atoms with Gasteiger partial charge in [-0.15, -0.1) is 16.4 Å². The molecule has 0 aliphatic carbocycles. The minimum atomic E-state index is -4.85. The molecule has 7 nitrogen and oxygen atoms in total. The van der Waals surface area contributed by atoms with Crippen LogP contribution in [0.5, 0.6) is 0 Å². The third kappa shape index (κ3) is 4.73. The number of carbonyl (C=O) groups is 1. The van der Waals surface area contributed by atoms with E-state index in [0.717, 1.165) is 22.9 Å². The van der Waals surface area contributed by atoms with Gasteiger partial charge in [0.15, 0.2) is 0 Å². The van der Waals surface area contributed by atoms with E-state index in [-0.39, 0.29) is 16.4 Å². The molecule has 0 saturated carbocycles. The molecule has 0 fully saturated rings. The Morgan fingerprint density at radius 3 is 2.56 bits per heavy atom. The molecule has 0 unspecified atom stereocenters. The molecule has 13 heteroatoms. The van der Waals surface area contributed by atoms with Crippen molar-refractivity contribution in [1.82, 2.24) is 18.9 Å². The first-order valence-electron chi connectivity index (χ1n) is 6.91. The fourth-order valence-corrected chi connectivity index (χ4v) is 4.87. The van der Waals surface area contributed by atoms with Gasteiger partial charge in [-0.05, 0) is 24.9 Å². The molecule has 0 aliphatic rings. The highest BCUT2D eigenvalue weighted by atomic mass is 32.2. The third-order valence-corrected chi connectivity index (χ3v) is 6.63. The quantitative estimate of drug-likeness (QED) is 0.722. The number of hydrogen-bond acceptors (Lipinski definition) is 8. The predicted molar refractivity (Wildman–Crippen MR) is 86.9 cm³/mol. The van der Waals surface area contributed by atoms with E-state index in [0.29, 0.717) is 15.6 Å². The molecular weight excluding hydrogens is 401 g/mol. The Labute approximate surface area is 149 Å². The van der Waals surface area contributed by atoms with Crippen molar-refractivity contribution >= 4 is 38.8 Å². The first-order chi connectivity index (χ1) is 11.5. The van der Waals surface area contributed by atoms with E-state index in [2.05, 4.69) is 14.6 Å². The molecule has 1 amide bonds. The van der Waals surface area contributed by atoms with Crippen LogP contribution in [0.1, 0.15) is 29.5 Å². The Morgan fingerprint density at radius 2 is 2.04 bits per heavy atom. The Hall–Kier alpha value is -1.60. The summed E-state index contributed by atoms with van der Waals surface area (Å²) in [5, 5.41) is 5.36. The van der Waals surface area contributed by atoms with Crippen molar-refractivity contribution in [3.63, 3.8) is 0 Å². The van der Waals surface area contributed by atoms with Gasteiger partial charge in [0.2, 0.25) is 10.0 Å². The topological polar surface area (TPSA) is 93.1 Å². The fraction of sp³-hybridized carbons (Fsp3) is 0.500. The molecule has 0 bridgehead atoms. The largest absolute Gasteiger partial charge is 0.407 e. The molecule has 0 aliphatic heterocycles. The number of sulfonamides is 1. The standard InChI is InChI=1S/C12H13F3N4O3S3/c1-3-4-25(21,22)19(6-12(13,14)15)11(20)8-5-23-10(16-8)9-7(2)17-18-24-9/h5H,3-4,6H2,1-2H3. The average Bonchev–Trinajstić information content (AvgIpc) is 3.11. The molecule has 0 spiro atoms. The normalized spacial score (nSPS) is 12.4. The van der Waals surface area contributed by atoms with Crippen molar-refractivity contribution in [1.29, 1.82) is 0 Å². The van der Waals surface area contributed by atoms with Crippen molar-refractivity contribution in [3.8, 4) is 9.88 Å². The van der Waals surface area contributed by atoms with Crippen LogP contribution in [-0.4, -0.2) is 51.7 Å². The molecule has 0 N–H and O–H groups in total. The molecule has 138 valence electrons. The highest BCUT2D eigenvalue weighted by Crippen LogP contribution is 2.30. The van der Waals surface area contributed by atoms with E-state index in [1.54, 1.807) is 6.92 Å². The molecule has 2 aromatic rings. The van der Waals surface area contributed by atoms with Crippen LogP contribution in [0.25, 0.3) is 9.88 Å². The second-order valence-corrected chi connectivity index (χ2v) is 8.59. The highest BCUT2D eigenvalue weighted by Gasteiger charge is 2.40. The number of aromatic nitrogens is 3. The summed E-state index contributed by atoms with van der Waals surface area (Å²) in [6.45, 7) is 1.28. The van der Waals surface area contributed by atoms with E-state index in [4.69, 9.17) is 0 Å². The van der Waals surface area contributed by atoms with Crippen molar-refractivity contribution in [3.05, 3.63) is 16.8 Å². The summed E-state index contributed by atoms with van der Waals surface area (Å²) in [4.78, 5) is 16.9. The van der Waals surface area contributed by atoms with E-state index in [1.165, 1.54) is 12.3 Å². The maximum absolute atomic E-state index is 12.7. The molecule has 2 rings (SSSR count). The van der Waals surface area contributed by atoms with Gasteiger partial charge >= 0.3 is 6.18 Å². The minimum Gasteiger partial charge on any atom is -0.266 e. The molecule has 0 aromatic carbocycles. The zero-order chi connectivity index (χ0) is 18.8. The smallest absolute Gasteiger partial charge is 0.266 e. The van der Waals surface area contributed by atoms with Crippen LogP contribution in [0, 0.1) is 6.92 Å². The lowest BCUT2D eigenvalue weighted by atomic mass is 10.4. The summed E-state index contributed by atoms with van der Waals surface area (Å²) in [5.41, 5.74) is 0.195. The molecule has 0 saturated heterocycles. The lowest BCUT2D eigenvalue weighted by molar-refractivity contribution is -0.132. The van der Waals surface area contributed by atoms with Crippen molar-refractivity contribution < 1.29 is 26.4 Å². The zero-order valence-electron chi connectivity index (χ0n) is 13.1. The van der Waals surface area contributed by atoms with Gasteiger partial charge in [0.1, 0.15) is 22.1 Å². The number of rotatable bonds is 6. The van der Waals surface area contributed by atoms with Crippen molar-refractivity contribution in [2.45, 2.75) is 26.4 Å². The number of aryl methyl sites for hydroxylation is 1. The van der Waals surface area contributed by atoms with Crippen LogP contribution < -0.4 is 0 Å². The van der Waals surface area contributed by atoms with Gasteiger partial charge in [-0.1, -0.05) is 11.4 Å². The monoisotopic (exact) mass is 414 g/mol. The van der Waals surface area contributed by atoms with E-state index >= 15 is 0 Å². The Morgan fingerprint density at radius 1 is 1.36 bits per heavy atom. The number of thiazole rings is 1. The third-order valence-electron chi connectivity index (χ3n) is 2.92. The Kier molecular flexibility index (Phi) is 5.79. The van der Waals surface area contributed by atoms with Crippen molar-refractivity contribution in [2.75, 3.05) is 12.3 Å². The lowest BCUT2D eigenvalue weighted by Gasteiger charge is -2.22. The summed E-state index contributed by atoms with van der Waals surface area (Å²) < 4.78 is 65.9. The summed E-state index contributed by atoms with van der Waals surface area (Å²) in [6.07, 6.45) is -4.77. The Bertz CT molecular complexity index is 860. The van der Waals surface area contributed by atoms with Crippen LogP contribution in [0.3, 0.4) is 0 Å². The molecule has 0 radical (unpaired) electrons. The van der Waals surface area contributed by atoms with Crippen LogP contribution in [0.2, 0.25) is 0 Å². The second kappa shape index (κ2) is 7.33. The van der Waals surface area contributed by atoms with Crippen molar-refractivity contribution in [2.24, 2.45) is 0 Å². The van der Waals surface area contributed by atoms with Crippen LogP contribution >= 0.6 is 22.9 Å². The lowest BCUT2D eigenvalue weighted by Crippen LogP contribution is -2.44. The maximum Gasteiger partial charge on any atom is 0.407 e. The molecule has 2 aromatic heterocycles. The van der Waals surface area contributed by atoms with Gasteiger partial charge in [-0.3, -0.25) is 4.79 Å². The van der Waals surface area contributed by atoms with Gasteiger partial charge in [-0.2, -0.15) is 13.2 Å². The van der Waals surface area contributed by atoms with Gasteiger partial charge in [-0.25, -0.2) is 17.7 Å². The number of halogens is 3. The summed E-state index contributed by atoms with van der Waals surface area (Å²) in [6, 6.07) is 0. The van der Waals surface area contributed by atoms with Gasteiger partial charge in [0.05, 0.1) is 11.4 Å². The van der Waals surface area contributed by atoms with E-state index in [9.17, 15) is 26.4 Å². The average molecular weight is 414 g/mol. The Balaban J connectivity index is 2.37. The summed E-state index contributed by atoms with van der Waals surface area (Å²) in [5.74, 6) is -1.87. The second-order valence-electron chi connectivity index (χ2n) is 4.97. The van der Waals surface area contributed by atoms with E-state index in [1.807, 2.05) is 0 Å². The number of amides is 1. The van der Waals surface area contributed by atoms with Gasteiger partial charge < -0.3 is 0 Å². The molecule has 2 heterocycles. The summed E-state index contributed by atoms with van der Waals surface area (Å²) >= 11 is 2.03. The summed E-state index contributed by atoms with van der Waals surface area (Å²) in [7, 11) is -4.40. The number of hydrogen-bond donors (Lipinski definition) is 0. The van der Waals surface area contributed by atoms with Crippen LogP contribution in [-0.2, 0) is 10.0 Å². The maximum atomic E-state index is 12.7. The fourth-order valence-electron chi connectivity index (χ4n) is 1.86. The van der Waals surface area contributed by atoms with E-state index < -0.39 is 34.4 Å². The first-order valence-corrected chi connectivity index (χ1v) is 10.2. The SMILES string of the molecule is CCCS(=O)(=O)N(CC(F)(F)F)C(=O)c1csc(-c2snnc2C)n1. The zero-order valence-corrected chi connectivity index (χ0v) is 15.5. The number of alkyl halides is 3. The van der Waals surface area contributed by atoms with Gasteiger partial charge in [0.25, 0.3) is 5.91 Å². The molecule has 0 atom stereocenters. The minimum absolute atomic E-state index is 0.0814.